The molecule has 31 heavy (non-hydrogen) atoms. The molecule has 2 aliphatic rings. The van der Waals surface area contributed by atoms with Crippen LogP contribution in [0.25, 0.3) is 11.1 Å². The SMILES string of the molecule is O=C(Cc1ccccn1)N1CC[C@@H]2[C@H](CO)Nc3ccc(-c4cccc(F)c4)cc3[C@@H]21. The molecule has 0 radical (unpaired) electrons. The zero-order chi connectivity index (χ0) is 21.4. The van der Waals surface area contributed by atoms with Crippen molar-refractivity contribution >= 4 is 11.6 Å². The van der Waals surface area contributed by atoms with Gasteiger partial charge in [-0.1, -0.05) is 24.3 Å². The molecule has 158 valence electrons. The van der Waals surface area contributed by atoms with Crippen molar-refractivity contribution in [2.45, 2.75) is 24.9 Å². The van der Waals surface area contributed by atoms with Crippen LogP contribution in [0, 0.1) is 11.7 Å². The van der Waals surface area contributed by atoms with Crippen LogP contribution in [0.2, 0.25) is 0 Å². The highest BCUT2D eigenvalue weighted by atomic mass is 19.1. The molecule has 1 amide bonds. The fraction of sp³-hybridized carbons (Fsp3) is 0.280. The van der Waals surface area contributed by atoms with Crippen LogP contribution in [0.5, 0.6) is 0 Å². The smallest absolute Gasteiger partial charge is 0.229 e. The molecule has 2 aromatic carbocycles. The molecule has 2 aliphatic heterocycles. The quantitative estimate of drug-likeness (QED) is 0.678. The summed E-state index contributed by atoms with van der Waals surface area (Å²) in [6.45, 7) is 0.650. The molecule has 5 nitrogen and oxygen atoms in total. The van der Waals surface area contributed by atoms with Crippen LogP contribution in [0.3, 0.4) is 0 Å². The monoisotopic (exact) mass is 417 g/mol. The minimum absolute atomic E-state index is 0.00846. The number of likely N-dealkylation sites (tertiary alicyclic amines) is 1. The molecule has 0 unspecified atom stereocenters. The normalized spacial score (nSPS) is 21.9. The number of amides is 1. The molecule has 3 aromatic rings. The number of aromatic nitrogens is 1. The molecule has 1 aromatic heterocycles. The van der Waals surface area contributed by atoms with E-state index in [9.17, 15) is 14.3 Å². The highest BCUT2D eigenvalue weighted by Crippen LogP contribution is 2.47. The lowest BCUT2D eigenvalue weighted by atomic mass is 9.82. The number of nitrogens with one attached hydrogen (secondary N) is 1. The van der Waals surface area contributed by atoms with Crippen LogP contribution in [0.4, 0.5) is 10.1 Å². The lowest BCUT2D eigenvalue weighted by Gasteiger charge is -2.39. The first kappa shape index (κ1) is 19.7. The maximum atomic E-state index is 13.8. The number of carbonyl (C=O) groups is 1. The number of hydrogen-bond acceptors (Lipinski definition) is 4. The Kier molecular flexibility index (Phi) is 5.16. The summed E-state index contributed by atoms with van der Waals surface area (Å²) in [5.74, 6) is -0.126. The van der Waals surface area contributed by atoms with Crippen LogP contribution < -0.4 is 5.32 Å². The summed E-state index contributed by atoms with van der Waals surface area (Å²) < 4.78 is 13.8. The van der Waals surface area contributed by atoms with Crippen LogP contribution in [-0.4, -0.2) is 40.1 Å². The van der Waals surface area contributed by atoms with Gasteiger partial charge in [-0.2, -0.15) is 0 Å². The van der Waals surface area contributed by atoms with E-state index in [2.05, 4.69) is 16.4 Å². The second kappa shape index (κ2) is 8.12. The Balaban J connectivity index is 1.52. The Morgan fingerprint density at radius 2 is 2.00 bits per heavy atom. The molecule has 1 saturated heterocycles. The van der Waals surface area contributed by atoms with Gasteiger partial charge in [0, 0.05) is 30.0 Å². The van der Waals surface area contributed by atoms with Crippen LogP contribution in [0.15, 0.2) is 66.9 Å². The molecule has 0 bridgehead atoms. The zero-order valence-electron chi connectivity index (χ0n) is 17.0. The van der Waals surface area contributed by atoms with Gasteiger partial charge in [-0.05, 0) is 59.5 Å². The highest BCUT2D eigenvalue weighted by Gasteiger charge is 2.45. The fourth-order valence-corrected chi connectivity index (χ4v) is 4.95. The Labute approximate surface area is 180 Å². The number of nitrogens with zero attached hydrogens (tertiary/aromatic N) is 2. The summed E-state index contributed by atoms with van der Waals surface area (Å²) in [4.78, 5) is 19.5. The first-order chi connectivity index (χ1) is 15.1. The van der Waals surface area contributed by atoms with E-state index in [4.69, 9.17) is 0 Å². The number of aliphatic hydroxyl groups excluding tert-OH is 1. The fourth-order valence-electron chi connectivity index (χ4n) is 4.95. The Bertz CT molecular complexity index is 1100. The third-order valence-corrected chi connectivity index (χ3v) is 6.41. The predicted molar refractivity (Wildman–Crippen MR) is 117 cm³/mol. The first-order valence-electron chi connectivity index (χ1n) is 10.6. The molecular formula is C25H24FN3O2. The largest absolute Gasteiger partial charge is 0.394 e. The van der Waals surface area contributed by atoms with Crippen molar-refractivity contribution in [2.24, 2.45) is 5.92 Å². The van der Waals surface area contributed by atoms with Gasteiger partial charge in [0.1, 0.15) is 5.82 Å². The number of rotatable bonds is 4. The molecule has 2 N–H and O–H groups in total. The maximum Gasteiger partial charge on any atom is 0.229 e. The number of carbonyl (C=O) groups excluding carboxylic acids is 1. The summed E-state index contributed by atoms with van der Waals surface area (Å²) in [5, 5.41) is 13.4. The van der Waals surface area contributed by atoms with Crippen LogP contribution in [0.1, 0.15) is 23.7 Å². The van der Waals surface area contributed by atoms with Gasteiger partial charge in [0.25, 0.3) is 0 Å². The molecule has 0 aliphatic carbocycles. The summed E-state index contributed by atoms with van der Waals surface area (Å²) >= 11 is 0. The predicted octanol–water partition coefficient (Wildman–Crippen LogP) is 3.81. The summed E-state index contributed by atoms with van der Waals surface area (Å²) in [7, 11) is 0. The van der Waals surface area contributed by atoms with E-state index in [1.165, 1.54) is 12.1 Å². The number of benzene rings is 2. The summed E-state index contributed by atoms with van der Waals surface area (Å²) in [6.07, 6.45) is 2.77. The van der Waals surface area contributed by atoms with Crippen molar-refractivity contribution in [1.82, 2.24) is 9.88 Å². The third-order valence-electron chi connectivity index (χ3n) is 6.41. The van der Waals surface area contributed by atoms with E-state index in [0.717, 1.165) is 34.5 Å². The molecule has 3 atom stereocenters. The van der Waals surface area contributed by atoms with E-state index in [1.807, 2.05) is 41.3 Å². The lowest BCUT2D eigenvalue weighted by molar-refractivity contribution is -0.132. The van der Waals surface area contributed by atoms with E-state index in [0.29, 0.717) is 6.54 Å². The van der Waals surface area contributed by atoms with E-state index in [1.54, 1.807) is 12.3 Å². The van der Waals surface area contributed by atoms with Gasteiger partial charge >= 0.3 is 0 Å². The number of fused-ring (bicyclic) bond motifs is 3. The van der Waals surface area contributed by atoms with E-state index in [-0.39, 0.29) is 42.8 Å². The second-order valence-corrected chi connectivity index (χ2v) is 8.23. The van der Waals surface area contributed by atoms with Crippen LogP contribution >= 0.6 is 0 Å². The number of pyridine rings is 1. The minimum Gasteiger partial charge on any atom is -0.394 e. The van der Waals surface area contributed by atoms with E-state index >= 15 is 0 Å². The van der Waals surface area contributed by atoms with Gasteiger partial charge in [0.15, 0.2) is 0 Å². The number of hydrogen-bond donors (Lipinski definition) is 2. The van der Waals surface area contributed by atoms with Gasteiger partial charge in [0.05, 0.1) is 25.1 Å². The topological polar surface area (TPSA) is 65.5 Å². The Morgan fingerprint density at radius 1 is 1.13 bits per heavy atom. The van der Waals surface area contributed by atoms with E-state index < -0.39 is 0 Å². The standard InChI is InChI=1S/C25H24FN3O2/c26-18-5-3-4-16(12-18)17-7-8-22-21(13-17)25-20(23(15-30)28-22)9-11-29(25)24(31)14-19-6-1-2-10-27-19/h1-8,10,12-13,20,23,25,28,30H,9,11,14-15H2/t20-,23+,25-/m1/s1. The highest BCUT2D eigenvalue weighted by molar-refractivity contribution is 5.80. The lowest BCUT2D eigenvalue weighted by Crippen LogP contribution is -2.43. The molecule has 5 rings (SSSR count). The molecule has 0 spiro atoms. The minimum atomic E-state index is -0.278. The number of anilines is 1. The summed E-state index contributed by atoms with van der Waals surface area (Å²) in [5.41, 5.74) is 4.39. The molecular weight excluding hydrogens is 393 g/mol. The summed E-state index contributed by atoms with van der Waals surface area (Å²) in [6, 6.07) is 17.8. The average molecular weight is 417 g/mol. The van der Waals surface area contributed by atoms with Crippen molar-refractivity contribution in [3.63, 3.8) is 0 Å². The van der Waals surface area contributed by atoms with Gasteiger partial charge < -0.3 is 15.3 Å². The van der Waals surface area contributed by atoms with Crippen molar-refractivity contribution in [3.8, 4) is 11.1 Å². The molecule has 0 saturated carbocycles. The zero-order valence-corrected chi connectivity index (χ0v) is 17.0. The van der Waals surface area contributed by atoms with Crippen molar-refractivity contribution in [1.29, 1.82) is 0 Å². The van der Waals surface area contributed by atoms with Gasteiger partial charge in [-0.15, -0.1) is 0 Å². The van der Waals surface area contributed by atoms with Gasteiger partial charge in [-0.25, -0.2) is 4.39 Å². The number of halogens is 1. The first-order valence-corrected chi connectivity index (χ1v) is 10.6. The van der Waals surface area contributed by atoms with Crippen molar-refractivity contribution in [3.05, 3.63) is 83.9 Å². The Hall–Kier alpha value is -3.25. The molecule has 1 fully saturated rings. The maximum absolute atomic E-state index is 13.8. The third kappa shape index (κ3) is 3.68. The van der Waals surface area contributed by atoms with Gasteiger partial charge in [-0.3, -0.25) is 9.78 Å². The number of aliphatic hydroxyl groups is 1. The Morgan fingerprint density at radius 3 is 2.77 bits per heavy atom. The van der Waals surface area contributed by atoms with Gasteiger partial charge in [0.2, 0.25) is 5.91 Å². The van der Waals surface area contributed by atoms with Crippen molar-refractivity contribution < 1.29 is 14.3 Å². The second-order valence-electron chi connectivity index (χ2n) is 8.23. The molecule has 3 heterocycles. The van der Waals surface area contributed by atoms with Crippen molar-refractivity contribution in [2.75, 3.05) is 18.5 Å². The average Bonchev–Trinajstić information content (AvgIpc) is 3.25. The van der Waals surface area contributed by atoms with Crippen LogP contribution in [-0.2, 0) is 11.2 Å². The molecule has 6 heteroatoms.